The van der Waals surface area contributed by atoms with Crippen LogP contribution < -0.4 is 11.0 Å². The minimum atomic E-state index is -1.31. The van der Waals surface area contributed by atoms with Crippen molar-refractivity contribution in [1.82, 2.24) is 9.55 Å². The van der Waals surface area contributed by atoms with E-state index in [0.29, 0.717) is 12.5 Å². The predicted octanol–water partition coefficient (Wildman–Crippen LogP) is 0.992. The van der Waals surface area contributed by atoms with Gasteiger partial charge in [-0.1, -0.05) is 25.2 Å². The van der Waals surface area contributed by atoms with Gasteiger partial charge in [-0.3, -0.25) is 9.88 Å². The van der Waals surface area contributed by atoms with Crippen LogP contribution in [0.5, 0.6) is 0 Å². The zero-order valence-corrected chi connectivity index (χ0v) is 15.7. The summed E-state index contributed by atoms with van der Waals surface area (Å²) in [5.74, 6) is 2.59. The van der Waals surface area contributed by atoms with Gasteiger partial charge < -0.3 is 19.7 Å². The number of hydrogen-bond acceptors (Lipinski definition) is 7. The molecule has 0 aromatic carbocycles. The van der Waals surface area contributed by atoms with E-state index in [4.69, 9.17) is 15.9 Å². The molecule has 1 saturated carbocycles. The Hall–Kier alpha value is -2.41. The van der Waals surface area contributed by atoms with Gasteiger partial charge in [0.2, 0.25) is 0 Å². The standard InChI is InChI=1S/C19H25N3O6/c1-3-13-9-22(17-15(24)14(23)11(2)28-17)18(25)20-16(13)21-19(26)27-10-12-7-5-4-6-8-12/h1,9,11-12,14-15,17,23-24H,4-8,10H2,2H3,(H,20,21,25,26)/t11-,14-,15-,17-/m1/s1. The molecule has 2 aliphatic rings. The third-order valence-electron chi connectivity index (χ3n) is 5.25. The van der Waals surface area contributed by atoms with Crippen LogP contribution in [-0.4, -0.2) is 50.8 Å². The lowest BCUT2D eigenvalue weighted by Crippen LogP contribution is -2.36. The number of carbonyl (C=O) groups is 1. The van der Waals surface area contributed by atoms with Crippen LogP contribution in [0.15, 0.2) is 11.0 Å². The van der Waals surface area contributed by atoms with E-state index in [-0.39, 0.29) is 11.4 Å². The molecule has 1 aliphatic heterocycles. The summed E-state index contributed by atoms with van der Waals surface area (Å²) in [6, 6.07) is 0. The summed E-state index contributed by atoms with van der Waals surface area (Å²) in [4.78, 5) is 28.2. The molecule has 28 heavy (non-hydrogen) atoms. The molecule has 4 atom stereocenters. The topological polar surface area (TPSA) is 123 Å². The second kappa shape index (κ2) is 8.73. The Bertz CT molecular complexity index is 811. The summed E-state index contributed by atoms with van der Waals surface area (Å²) in [7, 11) is 0. The number of carbonyl (C=O) groups excluding carboxylic acids is 1. The summed E-state index contributed by atoms with van der Waals surface area (Å²) < 4.78 is 11.7. The van der Waals surface area contributed by atoms with Crippen LogP contribution in [0.3, 0.4) is 0 Å². The maximum Gasteiger partial charge on any atom is 0.412 e. The van der Waals surface area contributed by atoms with Gasteiger partial charge in [-0.05, 0) is 25.7 Å². The van der Waals surface area contributed by atoms with Gasteiger partial charge in [-0.25, -0.2) is 9.59 Å². The van der Waals surface area contributed by atoms with Crippen molar-refractivity contribution in [3.05, 3.63) is 22.2 Å². The van der Waals surface area contributed by atoms with Gasteiger partial charge in [0.15, 0.2) is 12.0 Å². The number of aliphatic hydroxyl groups is 2. The summed E-state index contributed by atoms with van der Waals surface area (Å²) in [5, 5.41) is 22.3. The van der Waals surface area contributed by atoms with Crippen molar-refractivity contribution in [3.8, 4) is 12.3 Å². The third-order valence-corrected chi connectivity index (χ3v) is 5.25. The maximum absolute atomic E-state index is 12.4. The predicted molar refractivity (Wildman–Crippen MR) is 99.6 cm³/mol. The van der Waals surface area contributed by atoms with Crippen molar-refractivity contribution in [1.29, 1.82) is 0 Å². The monoisotopic (exact) mass is 391 g/mol. The van der Waals surface area contributed by atoms with Gasteiger partial charge in [0, 0.05) is 6.20 Å². The number of amides is 1. The summed E-state index contributed by atoms with van der Waals surface area (Å²) in [6.07, 6.45) is 7.33. The molecular formula is C19H25N3O6. The number of terminal acetylenes is 1. The molecule has 0 radical (unpaired) electrons. The number of aliphatic hydroxyl groups excluding tert-OH is 2. The first-order valence-corrected chi connectivity index (χ1v) is 9.46. The zero-order chi connectivity index (χ0) is 20.3. The molecule has 0 bridgehead atoms. The van der Waals surface area contributed by atoms with Crippen LogP contribution in [0.25, 0.3) is 0 Å². The van der Waals surface area contributed by atoms with Crippen LogP contribution >= 0.6 is 0 Å². The molecule has 2 heterocycles. The first-order chi connectivity index (χ1) is 13.4. The molecule has 2 fully saturated rings. The van der Waals surface area contributed by atoms with Gasteiger partial charge in [-0.2, -0.15) is 4.98 Å². The zero-order valence-electron chi connectivity index (χ0n) is 15.7. The Morgan fingerprint density at radius 3 is 2.71 bits per heavy atom. The van der Waals surface area contributed by atoms with Crippen molar-refractivity contribution in [2.45, 2.75) is 63.6 Å². The normalized spacial score (nSPS) is 27.9. The number of ether oxygens (including phenoxy) is 2. The highest BCUT2D eigenvalue weighted by molar-refractivity contribution is 5.84. The molecule has 1 saturated heterocycles. The van der Waals surface area contributed by atoms with Crippen LogP contribution in [0.4, 0.5) is 10.6 Å². The maximum atomic E-state index is 12.4. The summed E-state index contributed by atoms with van der Waals surface area (Å²) in [5.41, 5.74) is -0.661. The van der Waals surface area contributed by atoms with E-state index in [9.17, 15) is 19.8 Å². The average molecular weight is 391 g/mol. The van der Waals surface area contributed by atoms with Crippen molar-refractivity contribution in [3.63, 3.8) is 0 Å². The van der Waals surface area contributed by atoms with E-state index >= 15 is 0 Å². The number of anilines is 1. The van der Waals surface area contributed by atoms with E-state index in [2.05, 4.69) is 16.2 Å². The Kier molecular flexibility index (Phi) is 6.34. The molecule has 1 aliphatic carbocycles. The smallest absolute Gasteiger partial charge is 0.412 e. The highest BCUT2D eigenvalue weighted by Crippen LogP contribution is 2.28. The molecule has 3 N–H and O–H groups in total. The fourth-order valence-corrected chi connectivity index (χ4v) is 3.59. The Balaban J connectivity index is 1.70. The summed E-state index contributed by atoms with van der Waals surface area (Å²) >= 11 is 0. The lowest BCUT2D eigenvalue weighted by atomic mass is 9.90. The molecule has 9 heteroatoms. The number of nitrogens with zero attached hydrogens (tertiary/aromatic N) is 2. The van der Waals surface area contributed by atoms with Crippen LogP contribution in [0.1, 0.15) is 50.8 Å². The fourth-order valence-electron chi connectivity index (χ4n) is 3.59. The molecule has 9 nitrogen and oxygen atoms in total. The van der Waals surface area contributed by atoms with Crippen molar-refractivity contribution >= 4 is 11.9 Å². The van der Waals surface area contributed by atoms with Gasteiger partial charge >= 0.3 is 11.8 Å². The molecule has 3 rings (SSSR count). The van der Waals surface area contributed by atoms with Gasteiger partial charge in [0.05, 0.1) is 18.3 Å². The highest BCUT2D eigenvalue weighted by Gasteiger charge is 2.42. The van der Waals surface area contributed by atoms with E-state index in [1.54, 1.807) is 6.92 Å². The van der Waals surface area contributed by atoms with Gasteiger partial charge in [-0.15, -0.1) is 6.42 Å². The van der Waals surface area contributed by atoms with Crippen LogP contribution in [0, 0.1) is 18.3 Å². The first kappa shape index (κ1) is 20.3. The van der Waals surface area contributed by atoms with E-state index in [1.165, 1.54) is 12.6 Å². The van der Waals surface area contributed by atoms with Crippen molar-refractivity contribution in [2.75, 3.05) is 11.9 Å². The van der Waals surface area contributed by atoms with Crippen molar-refractivity contribution in [2.24, 2.45) is 5.92 Å². The Morgan fingerprint density at radius 1 is 1.39 bits per heavy atom. The molecule has 1 aromatic rings. The quantitative estimate of drug-likeness (QED) is 0.654. The van der Waals surface area contributed by atoms with E-state index < -0.39 is 36.3 Å². The lowest BCUT2D eigenvalue weighted by molar-refractivity contribution is -0.0350. The molecule has 1 aromatic heterocycles. The minimum absolute atomic E-state index is 0.0986. The van der Waals surface area contributed by atoms with Gasteiger partial charge in [0.1, 0.15) is 12.2 Å². The molecule has 0 spiro atoms. The van der Waals surface area contributed by atoms with E-state index in [0.717, 1.165) is 30.3 Å². The van der Waals surface area contributed by atoms with Crippen LogP contribution in [0.2, 0.25) is 0 Å². The molecule has 0 unspecified atom stereocenters. The summed E-state index contributed by atoms with van der Waals surface area (Å²) in [6.45, 7) is 1.89. The highest BCUT2D eigenvalue weighted by atomic mass is 16.6. The van der Waals surface area contributed by atoms with Crippen molar-refractivity contribution < 1.29 is 24.5 Å². The second-order valence-electron chi connectivity index (χ2n) is 7.28. The van der Waals surface area contributed by atoms with Gasteiger partial charge in [0.25, 0.3) is 0 Å². The molecule has 152 valence electrons. The number of aromatic nitrogens is 2. The number of rotatable bonds is 4. The lowest BCUT2D eigenvalue weighted by Gasteiger charge is -2.21. The number of hydrogen-bond donors (Lipinski definition) is 3. The van der Waals surface area contributed by atoms with E-state index in [1.807, 2.05) is 0 Å². The molecular weight excluding hydrogens is 366 g/mol. The first-order valence-electron chi connectivity index (χ1n) is 9.46. The van der Waals surface area contributed by atoms with Crippen LogP contribution in [-0.2, 0) is 9.47 Å². The average Bonchev–Trinajstić information content (AvgIpc) is 2.94. The second-order valence-corrected chi connectivity index (χ2v) is 7.28. The SMILES string of the molecule is C#Cc1cn([C@@H]2O[C@H](C)[C@@H](O)[C@H]2O)c(=O)nc1NC(=O)OCC1CCCCC1. The fraction of sp³-hybridized carbons (Fsp3) is 0.632. The third kappa shape index (κ3) is 4.35. The minimum Gasteiger partial charge on any atom is -0.449 e. The Morgan fingerprint density at radius 2 is 2.11 bits per heavy atom. The number of nitrogens with one attached hydrogen (secondary N) is 1. The molecule has 1 amide bonds. The Labute approximate surface area is 162 Å². The largest absolute Gasteiger partial charge is 0.449 e.